The van der Waals surface area contributed by atoms with Crippen LogP contribution in [0.15, 0.2) is 12.3 Å². The first-order chi connectivity index (χ1) is 4.38. The Hall–Kier alpha value is -1.05. The van der Waals surface area contributed by atoms with E-state index in [1.54, 1.807) is 0 Å². The zero-order valence-electron chi connectivity index (χ0n) is 4.98. The Morgan fingerprint density at radius 1 is 1.44 bits per heavy atom. The molecule has 0 bridgehead atoms. The zero-order valence-corrected chi connectivity index (χ0v) is 4.98. The van der Waals surface area contributed by atoms with Crippen LogP contribution in [-0.4, -0.2) is 10.8 Å². The van der Waals surface area contributed by atoms with E-state index >= 15 is 0 Å². The molecule has 0 aromatic carbocycles. The zero-order chi connectivity index (χ0) is 6.27. The quantitative estimate of drug-likeness (QED) is 0.548. The first kappa shape index (κ1) is 4.79. The highest BCUT2D eigenvalue weighted by atomic mass is 16.1. The molecule has 1 aliphatic rings. The number of carbonyl (C=O) groups is 1. The van der Waals surface area contributed by atoms with Gasteiger partial charge >= 0.3 is 0 Å². The number of aromatic nitrogens is 1. The van der Waals surface area contributed by atoms with Crippen molar-refractivity contribution in [3.63, 3.8) is 0 Å². The fourth-order valence-corrected chi connectivity index (χ4v) is 1.24. The Morgan fingerprint density at radius 2 is 2.33 bits per heavy atom. The van der Waals surface area contributed by atoms with Crippen LogP contribution >= 0.6 is 0 Å². The minimum atomic E-state index is 0.259. The summed E-state index contributed by atoms with van der Waals surface area (Å²) in [5.41, 5.74) is 2.01. The summed E-state index contributed by atoms with van der Waals surface area (Å²) in [6.07, 6.45) is 3.45. The topological polar surface area (TPSA) is 32.9 Å². The summed E-state index contributed by atoms with van der Waals surface area (Å²) in [7, 11) is 0. The van der Waals surface area contributed by atoms with Crippen LogP contribution in [0.5, 0.6) is 0 Å². The maximum atomic E-state index is 10.9. The molecule has 9 heavy (non-hydrogen) atoms. The Labute approximate surface area is 52.9 Å². The average Bonchev–Trinajstić information content (AvgIpc) is 2.35. The van der Waals surface area contributed by atoms with Gasteiger partial charge in [0.1, 0.15) is 0 Å². The van der Waals surface area contributed by atoms with Crippen molar-refractivity contribution in [3.8, 4) is 0 Å². The summed E-state index contributed by atoms with van der Waals surface area (Å²) < 4.78 is 0. The molecular formula is C7H7NO. The number of hydrogen-bond donors (Lipinski definition) is 1. The number of Topliss-reactive ketones (excluding diaryl/α,β-unsaturated/α-hetero) is 1. The molecule has 1 N–H and O–H groups in total. The van der Waals surface area contributed by atoms with Gasteiger partial charge in [0.25, 0.3) is 0 Å². The maximum absolute atomic E-state index is 10.9. The van der Waals surface area contributed by atoms with Crippen molar-refractivity contribution >= 4 is 5.78 Å². The van der Waals surface area contributed by atoms with Crippen molar-refractivity contribution < 1.29 is 4.79 Å². The first-order valence-corrected chi connectivity index (χ1v) is 3.07. The van der Waals surface area contributed by atoms with E-state index in [1.807, 2.05) is 12.3 Å². The highest BCUT2D eigenvalue weighted by molar-refractivity contribution is 5.98. The minimum Gasteiger partial charge on any atom is -0.359 e. The number of carbonyl (C=O) groups excluding carboxylic acids is 1. The van der Waals surface area contributed by atoms with Crippen LogP contribution in [-0.2, 0) is 6.42 Å². The van der Waals surface area contributed by atoms with Gasteiger partial charge in [-0.25, -0.2) is 0 Å². The Bertz CT molecular complexity index is 249. The van der Waals surface area contributed by atoms with Crippen molar-refractivity contribution in [1.29, 1.82) is 0 Å². The lowest BCUT2D eigenvalue weighted by atomic mass is 10.3. The SMILES string of the molecule is O=C1CCc2cc[nH]c21. The normalized spacial score (nSPS) is 16.2. The number of aromatic amines is 1. The lowest BCUT2D eigenvalue weighted by molar-refractivity contribution is 0.0990. The average molecular weight is 121 g/mol. The summed E-state index contributed by atoms with van der Waals surface area (Å²) >= 11 is 0. The molecule has 0 fully saturated rings. The third-order valence-electron chi connectivity index (χ3n) is 1.73. The highest BCUT2D eigenvalue weighted by Gasteiger charge is 2.19. The van der Waals surface area contributed by atoms with Gasteiger partial charge < -0.3 is 4.98 Å². The van der Waals surface area contributed by atoms with Gasteiger partial charge in [-0.3, -0.25) is 4.79 Å². The number of hydrogen-bond acceptors (Lipinski definition) is 1. The summed E-state index contributed by atoms with van der Waals surface area (Å²) in [5.74, 6) is 0.259. The van der Waals surface area contributed by atoms with Crippen LogP contribution in [0.2, 0.25) is 0 Å². The molecule has 0 saturated heterocycles. The summed E-state index contributed by atoms with van der Waals surface area (Å²) in [6, 6.07) is 1.97. The molecule has 1 aromatic rings. The monoisotopic (exact) mass is 121 g/mol. The number of ketones is 1. The van der Waals surface area contributed by atoms with E-state index in [2.05, 4.69) is 4.98 Å². The van der Waals surface area contributed by atoms with E-state index in [0.717, 1.165) is 12.1 Å². The van der Waals surface area contributed by atoms with Crippen molar-refractivity contribution in [2.24, 2.45) is 0 Å². The van der Waals surface area contributed by atoms with Gasteiger partial charge in [-0.2, -0.15) is 0 Å². The maximum Gasteiger partial charge on any atom is 0.179 e. The molecule has 2 nitrogen and oxygen atoms in total. The summed E-state index contributed by atoms with van der Waals surface area (Å²) in [6.45, 7) is 0. The van der Waals surface area contributed by atoms with Crippen LogP contribution in [0, 0.1) is 0 Å². The Kier molecular flexibility index (Phi) is 0.781. The molecule has 0 amide bonds. The number of H-pyrrole nitrogens is 1. The van der Waals surface area contributed by atoms with Crippen LogP contribution in [0.3, 0.4) is 0 Å². The molecule has 0 radical (unpaired) electrons. The smallest absolute Gasteiger partial charge is 0.179 e. The van der Waals surface area contributed by atoms with Crippen LogP contribution < -0.4 is 0 Å². The fourth-order valence-electron chi connectivity index (χ4n) is 1.24. The van der Waals surface area contributed by atoms with E-state index < -0.39 is 0 Å². The number of nitrogens with one attached hydrogen (secondary N) is 1. The first-order valence-electron chi connectivity index (χ1n) is 3.07. The Morgan fingerprint density at radius 3 is 3.11 bits per heavy atom. The van der Waals surface area contributed by atoms with Crippen LogP contribution in [0.25, 0.3) is 0 Å². The number of aryl methyl sites for hydroxylation is 1. The van der Waals surface area contributed by atoms with Crippen molar-refractivity contribution in [2.45, 2.75) is 12.8 Å². The minimum absolute atomic E-state index is 0.259. The second-order valence-electron chi connectivity index (χ2n) is 2.30. The molecule has 1 aromatic heterocycles. The molecular weight excluding hydrogens is 114 g/mol. The van der Waals surface area contributed by atoms with Gasteiger partial charge in [-0.15, -0.1) is 0 Å². The van der Waals surface area contributed by atoms with Gasteiger partial charge in [0, 0.05) is 12.6 Å². The molecule has 2 heteroatoms. The van der Waals surface area contributed by atoms with Gasteiger partial charge in [0.2, 0.25) is 0 Å². The van der Waals surface area contributed by atoms with Gasteiger partial charge in [-0.05, 0) is 18.1 Å². The molecule has 0 unspecified atom stereocenters. The van der Waals surface area contributed by atoms with Crippen molar-refractivity contribution in [3.05, 3.63) is 23.5 Å². The van der Waals surface area contributed by atoms with E-state index in [0.29, 0.717) is 6.42 Å². The number of rotatable bonds is 0. The molecule has 2 rings (SSSR count). The predicted octanol–water partition coefficient (Wildman–Crippen LogP) is 1.14. The third kappa shape index (κ3) is 0.529. The lowest BCUT2D eigenvalue weighted by Gasteiger charge is -1.81. The fraction of sp³-hybridized carbons (Fsp3) is 0.286. The molecule has 0 saturated carbocycles. The van der Waals surface area contributed by atoms with Crippen LogP contribution in [0.4, 0.5) is 0 Å². The van der Waals surface area contributed by atoms with Gasteiger partial charge in [0.15, 0.2) is 5.78 Å². The molecule has 1 heterocycles. The molecule has 0 atom stereocenters. The van der Waals surface area contributed by atoms with Gasteiger partial charge in [0.05, 0.1) is 5.69 Å². The summed E-state index contributed by atoms with van der Waals surface area (Å²) in [5, 5.41) is 0. The van der Waals surface area contributed by atoms with Crippen molar-refractivity contribution in [2.75, 3.05) is 0 Å². The summed E-state index contributed by atoms with van der Waals surface area (Å²) in [4.78, 5) is 13.8. The van der Waals surface area contributed by atoms with Crippen LogP contribution in [0.1, 0.15) is 22.5 Å². The van der Waals surface area contributed by atoms with E-state index in [1.165, 1.54) is 5.56 Å². The van der Waals surface area contributed by atoms with E-state index in [4.69, 9.17) is 0 Å². The molecule has 46 valence electrons. The largest absolute Gasteiger partial charge is 0.359 e. The Balaban J connectivity index is 2.61. The van der Waals surface area contributed by atoms with E-state index in [-0.39, 0.29) is 5.78 Å². The van der Waals surface area contributed by atoms with Gasteiger partial charge in [-0.1, -0.05) is 0 Å². The number of fused-ring (bicyclic) bond motifs is 1. The molecule has 1 aliphatic carbocycles. The standard InChI is InChI=1S/C7H7NO/c9-6-2-1-5-3-4-8-7(5)6/h3-4,8H,1-2H2. The second-order valence-corrected chi connectivity index (χ2v) is 2.30. The van der Waals surface area contributed by atoms with Crippen molar-refractivity contribution in [1.82, 2.24) is 4.98 Å². The lowest BCUT2D eigenvalue weighted by Crippen LogP contribution is -1.90. The highest BCUT2D eigenvalue weighted by Crippen LogP contribution is 2.19. The second kappa shape index (κ2) is 1.47. The third-order valence-corrected chi connectivity index (χ3v) is 1.73. The van der Waals surface area contributed by atoms with E-state index in [9.17, 15) is 4.79 Å². The molecule has 0 aliphatic heterocycles. The molecule has 0 spiro atoms. The predicted molar refractivity (Wildman–Crippen MR) is 33.4 cm³/mol.